The maximum absolute atomic E-state index is 10.4. The average Bonchev–Trinajstić information content (AvgIpc) is 4.26. The van der Waals surface area contributed by atoms with Gasteiger partial charge in [-0.15, -0.1) is 0 Å². The van der Waals surface area contributed by atoms with Gasteiger partial charge in [-0.1, -0.05) is 152 Å². The number of H-pyrrole nitrogens is 2. The molecule has 0 unspecified atom stereocenters. The second-order valence-corrected chi connectivity index (χ2v) is 19.3. The van der Waals surface area contributed by atoms with Crippen LogP contribution >= 0.6 is 0 Å². The number of phenols is 2. The highest BCUT2D eigenvalue weighted by atomic mass is 16.5. The number of ether oxygens (including phenoxy) is 2. The Hall–Kier alpha value is -7.32. The van der Waals surface area contributed by atoms with Gasteiger partial charge in [0.05, 0.1) is 36.0 Å². The minimum atomic E-state index is 0.196. The van der Waals surface area contributed by atoms with E-state index in [4.69, 9.17) is 19.4 Å². The van der Waals surface area contributed by atoms with Gasteiger partial charge in [-0.25, -0.2) is 9.97 Å². The van der Waals surface area contributed by atoms with E-state index in [0.29, 0.717) is 13.2 Å². The van der Waals surface area contributed by atoms with Crippen molar-refractivity contribution in [3.05, 3.63) is 144 Å². The molecule has 72 heavy (non-hydrogen) atoms. The zero-order chi connectivity index (χ0) is 49.5. The second kappa shape index (κ2) is 24.7. The predicted octanol–water partition coefficient (Wildman–Crippen LogP) is 17.8. The summed E-state index contributed by atoms with van der Waals surface area (Å²) in [6.07, 6.45) is 28.4. The summed E-state index contributed by atoms with van der Waals surface area (Å²) >= 11 is 0. The van der Waals surface area contributed by atoms with E-state index in [1.54, 1.807) is 24.3 Å². The van der Waals surface area contributed by atoms with E-state index in [2.05, 4.69) is 121 Å². The molecule has 2 aliphatic rings. The Labute approximate surface area is 425 Å². The summed E-state index contributed by atoms with van der Waals surface area (Å²) in [5, 5.41) is 20.8. The number of rotatable bonds is 24. The number of aromatic amines is 2. The number of aromatic nitrogens is 4. The predicted molar refractivity (Wildman–Crippen MR) is 300 cm³/mol. The lowest BCUT2D eigenvalue weighted by Gasteiger charge is -2.09. The first-order chi connectivity index (χ1) is 35.4. The van der Waals surface area contributed by atoms with Gasteiger partial charge >= 0.3 is 0 Å². The first-order valence-electron chi connectivity index (χ1n) is 26.7. The molecule has 0 spiro atoms. The second-order valence-electron chi connectivity index (χ2n) is 19.3. The summed E-state index contributed by atoms with van der Waals surface area (Å²) in [7, 11) is 0. The molecule has 0 atom stereocenters. The fourth-order valence-electron chi connectivity index (χ4n) is 9.96. The van der Waals surface area contributed by atoms with Gasteiger partial charge in [-0.3, -0.25) is 0 Å². The molecular formula is C64H70N4O4. The van der Waals surface area contributed by atoms with Crippen LogP contribution in [-0.4, -0.2) is 43.4 Å². The average molecular weight is 959 g/mol. The van der Waals surface area contributed by atoms with Gasteiger partial charge in [0.1, 0.15) is 23.0 Å². The number of unbranched alkanes of at least 4 members (excludes halogenated alkanes) is 14. The Morgan fingerprint density at radius 1 is 0.333 bits per heavy atom. The summed E-state index contributed by atoms with van der Waals surface area (Å²) in [6.45, 7) is 5.92. The minimum absolute atomic E-state index is 0.196. The molecule has 4 aromatic carbocycles. The molecule has 8 heteroatoms. The van der Waals surface area contributed by atoms with Gasteiger partial charge in [0.15, 0.2) is 0 Å². The Morgan fingerprint density at radius 3 is 0.889 bits per heavy atom. The normalized spacial score (nSPS) is 11.9. The molecule has 8 nitrogen and oxygen atoms in total. The van der Waals surface area contributed by atoms with Crippen molar-refractivity contribution in [3.8, 4) is 67.5 Å². The lowest BCUT2D eigenvalue weighted by molar-refractivity contribution is 0.304. The van der Waals surface area contributed by atoms with Gasteiger partial charge in [-0.05, 0) is 132 Å². The van der Waals surface area contributed by atoms with Crippen molar-refractivity contribution < 1.29 is 19.7 Å². The number of hydrogen-bond donors (Lipinski definition) is 4. The number of benzene rings is 4. The maximum atomic E-state index is 10.4. The van der Waals surface area contributed by atoms with Gasteiger partial charge in [-0.2, -0.15) is 0 Å². The van der Waals surface area contributed by atoms with Crippen LogP contribution in [0.25, 0.3) is 90.9 Å². The molecule has 0 fully saturated rings. The first-order valence-corrected chi connectivity index (χ1v) is 26.7. The monoisotopic (exact) mass is 959 g/mol. The summed E-state index contributed by atoms with van der Waals surface area (Å²) in [4.78, 5) is 18.5. The summed E-state index contributed by atoms with van der Waals surface area (Å²) in [5.41, 5.74) is 14.2. The highest BCUT2D eigenvalue weighted by Gasteiger charge is 2.19. The van der Waals surface area contributed by atoms with Gasteiger partial charge in [0, 0.05) is 44.3 Å². The summed E-state index contributed by atoms with van der Waals surface area (Å²) in [5.74, 6) is 2.09. The van der Waals surface area contributed by atoms with E-state index < -0.39 is 0 Å². The molecular weight excluding hydrogens is 889 g/mol. The lowest BCUT2D eigenvalue weighted by Crippen LogP contribution is -1.97. The van der Waals surface area contributed by atoms with Crippen LogP contribution in [0.4, 0.5) is 0 Å². The Bertz CT molecular complexity index is 2900. The highest BCUT2D eigenvalue weighted by Crippen LogP contribution is 2.39. The van der Waals surface area contributed by atoms with E-state index in [9.17, 15) is 10.2 Å². The van der Waals surface area contributed by atoms with Crippen molar-refractivity contribution in [1.82, 2.24) is 19.9 Å². The molecule has 0 amide bonds. The van der Waals surface area contributed by atoms with Crippen LogP contribution in [0, 0.1) is 0 Å². The Morgan fingerprint density at radius 2 is 0.597 bits per heavy atom. The fraction of sp³-hybridized carbons (Fsp3) is 0.312. The number of fused-ring (bicyclic) bond motifs is 8. The van der Waals surface area contributed by atoms with Crippen LogP contribution in [0.5, 0.6) is 23.0 Å². The van der Waals surface area contributed by atoms with Gasteiger partial charge in [0.2, 0.25) is 0 Å². The lowest BCUT2D eigenvalue weighted by atomic mass is 10.0. The molecule has 4 N–H and O–H groups in total. The highest BCUT2D eigenvalue weighted by molar-refractivity contribution is 6.00. The van der Waals surface area contributed by atoms with Crippen LogP contribution in [0.1, 0.15) is 139 Å². The number of hydrogen-bond acceptors (Lipinski definition) is 6. The summed E-state index contributed by atoms with van der Waals surface area (Å²) in [6, 6.07) is 39.8. The Kier molecular flexibility index (Phi) is 17.0. The maximum Gasteiger partial charge on any atom is 0.119 e. The topological polar surface area (TPSA) is 116 Å². The third-order valence-electron chi connectivity index (χ3n) is 13.9. The van der Waals surface area contributed by atoms with Crippen LogP contribution in [0.2, 0.25) is 0 Å². The van der Waals surface area contributed by atoms with Crippen molar-refractivity contribution in [1.29, 1.82) is 0 Å². The van der Waals surface area contributed by atoms with Crippen LogP contribution in [0.3, 0.4) is 0 Å². The molecule has 0 saturated heterocycles. The van der Waals surface area contributed by atoms with Gasteiger partial charge < -0.3 is 29.7 Å². The fourth-order valence-corrected chi connectivity index (χ4v) is 9.96. The molecule has 0 saturated carbocycles. The van der Waals surface area contributed by atoms with Crippen LogP contribution < -0.4 is 9.47 Å². The molecule has 7 aromatic rings. The minimum Gasteiger partial charge on any atom is -0.508 e. The first kappa shape index (κ1) is 49.7. The standard InChI is InChI=1S/C64H70N4O4/c1-3-5-7-9-11-13-15-17-43-71-51-31-23-47(24-32-51)63-57-39-35-53(65-57)61(45-19-27-49(69)28-20-45)55-37-41-59(67-55)64(48-25-33-52(34-26-48)72-44-18-16-14-12-10-8-6-4-2)60-42-38-56(68-60)62(54-36-40-58(63)66-54)46-21-29-50(70)30-22-46/h19-42,65,68-70H,3-18,43-44H2,1-2H3. The van der Waals surface area contributed by atoms with Gasteiger partial charge in [0.25, 0.3) is 0 Å². The zero-order valence-electron chi connectivity index (χ0n) is 42.2. The molecule has 5 heterocycles. The van der Waals surface area contributed by atoms with E-state index in [1.807, 2.05) is 24.3 Å². The van der Waals surface area contributed by atoms with E-state index in [-0.39, 0.29) is 11.5 Å². The smallest absolute Gasteiger partial charge is 0.119 e. The van der Waals surface area contributed by atoms with Crippen molar-refractivity contribution in [2.45, 2.75) is 117 Å². The summed E-state index contributed by atoms with van der Waals surface area (Å²) < 4.78 is 12.5. The van der Waals surface area contributed by atoms with Crippen molar-refractivity contribution in [3.63, 3.8) is 0 Å². The largest absolute Gasteiger partial charge is 0.508 e. The molecule has 8 bridgehead atoms. The van der Waals surface area contributed by atoms with Crippen molar-refractivity contribution >= 4 is 46.4 Å². The number of phenolic OH excluding ortho intramolecular Hbond substituents is 2. The van der Waals surface area contributed by atoms with E-state index in [1.165, 1.54) is 89.9 Å². The van der Waals surface area contributed by atoms with E-state index in [0.717, 1.165) is 114 Å². The molecule has 0 aliphatic carbocycles. The quantitative estimate of drug-likeness (QED) is 0.0448. The molecule has 2 aliphatic heterocycles. The van der Waals surface area contributed by atoms with Crippen molar-refractivity contribution in [2.75, 3.05) is 13.2 Å². The van der Waals surface area contributed by atoms with Crippen molar-refractivity contribution in [2.24, 2.45) is 0 Å². The molecule has 370 valence electrons. The molecule has 9 rings (SSSR count). The molecule has 3 aromatic heterocycles. The third kappa shape index (κ3) is 12.4. The van der Waals surface area contributed by atoms with Crippen LogP contribution in [-0.2, 0) is 0 Å². The number of nitrogens with one attached hydrogen (secondary N) is 2. The van der Waals surface area contributed by atoms with Crippen LogP contribution in [0.15, 0.2) is 121 Å². The SMILES string of the molecule is CCCCCCCCCCOc1ccc(-c2c3nc(c(-c4ccc(O)cc4)c4ccc([nH]4)c(-c4ccc(OCCCCCCCCCC)cc4)c4nc(c(-c5ccc(O)cc5)c5ccc2[nH]5)C=C4)C=C3)cc1. The third-order valence-corrected chi connectivity index (χ3v) is 13.9. The number of nitrogens with zero attached hydrogens (tertiary/aromatic N) is 2. The molecule has 0 radical (unpaired) electrons. The number of aromatic hydroxyl groups is 2. The zero-order valence-corrected chi connectivity index (χ0v) is 42.2. The van der Waals surface area contributed by atoms with E-state index >= 15 is 0 Å². The Balaban J connectivity index is 1.14.